The van der Waals surface area contributed by atoms with Gasteiger partial charge in [-0.3, -0.25) is 4.79 Å². The number of rotatable bonds is 5. The predicted molar refractivity (Wildman–Crippen MR) is 123 cm³/mol. The van der Waals surface area contributed by atoms with E-state index in [1.807, 2.05) is 25.2 Å². The van der Waals surface area contributed by atoms with Crippen LogP contribution in [0.2, 0.25) is 0 Å². The maximum Gasteiger partial charge on any atom is 0.257 e. The molecule has 4 aromatic rings. The van der Waals surface area contributed by atoms with Crippen molar-refractivity contribution in [2.75, 3.05) is 12.4 Å². The molecule has 0 unspecified atom stereocenters. The number of carbonyl (C=O) groups is 1. The number of nitrogens with one attached hydrogen (secondary N) is 2. The minimum absolute atomic E-state index is 0.236. The van der Waals surface area contributed by atoms with Crippen LogP contribution in [0, 0.1) is 0 Å². The number of aliphatic hydroxyl groups is 1. The van der Waals surface area contributed by atoms with Gasteiger partial charge in [0, 0.05) is 42.5 Å². The number of hydrogen-bond acceptors (Lipinski definition) is 6. The molecule has 166 valence electrons. The molecular weight excluding hydrogens is 406 g/mol. The molecule has 1 fully saturated rings. The van der Waals surface area contributed by atoms with E-state index in [2.05, 4.69) is 45.3 Å². The van der Waals surface area contributed by atoms with E-state index in [1.165, 1.54) is 6.20 Å². The smallest absolute Gasteiger partial charge is 0.257 e. The molecular formula is C23H27N7O2. The van der Waals surface area contributed by atoms with E-state index in [4.69, 9.17) is 4.98 Å². The molecule has 1 aliphatic carbocycles. The fourth-order valence-electron chi connectivity index (χ4n) is 4.29. The Morgan fingerprint density at radius 3 is 2.81 bits per heavy atom. The Hall–Kier alpha value is -3.46. The molecule has 3 N–H and O–H groups in total. The Balaban J connectivity index is 1.64. The number of nitrogens with zero attached hydrogens (tertiary/aromatic N) is 5. The van der Waals surface area contributed by atoms with Gasteiger partial charge >= 0.3 is 0 Å². The number of aromatic nitrogens is 5. The van der Waals surface area contributed by atoms with Crippen LogP contribution in [0.5, 0.6) is 0 Å². The molecule has 1 saturated carbocycles. The SMILES string of the molecule is CNc1cc(-c2cn(C(C)C)c3ncccc23)nc2c(C(=O)N[C@@H]3CC[C@@]3(C)O)cnn12. The highest BCUT2D eigenvalue weighted by Crippen LogP contribution is 2.33. The third-order valence-corrected chi connectivity index (χ3v) is 6.39. The lowest BCUT2D eigenvalue weighted by molar-refractivity contribution is -0.0486. The van der Waals surface area contributed by atoms with E-state index in [1.54, 1.807) is 17.6 Å². The molecule has 0 aliphatic heterocycles. The van der Waals surface area contributed by atoms with Crippen molar-refractivity contribution in [2.24, 2.45) is 0 Å². The molecule has 32 heavy (non-hydrogen) atoms. The summed E-state index contributed by atoms with van der Waals surface area (Å²) in [5.41, 5.74) is 2.51. The summed E-state index contributed by atoms with van der Waals surface area (Å²) < 4.78 is 3.75. The fourth-order valence-corrected chi connectivity index (χ4v) is 4.29. The van der Waals surface area contributed by atoms with E-state index in [-0.39, 0.29) is 18.0 Å². The van der Waals surface area contributed by atoms with Gasteiger partial charge in [0.15, 0.2) is 5.65 Å². The zero-order chi connectivity index (χ0) is 22.6. The zero-order valence-electron chi connectivity index (χ0n) is 18.6. The molecule has 1 aliphatic rings. The molecule has 0 radical (unpaired) electrons. The van der Waals surface area contributed by atoms with Crippen LogP contribution in [-0.2, 0) is 0 Å². The van der Waals surface area contributed by atoms with E-state index >= 15 is 0 Å². The van der Waals surface area contributed by atoms with Crippen molar-refractivity contribution >= 4 is 28.4 Å². The van der Waals surface area contributed by atoms with Crippen LogP contribution in [0.1, 0.15) is 50.0 Å². The molecule has 2 atom stereocenters. The third-order valence-electron chi connectivity index (χ3n) is 6.39. The third kappa shape index (κ3) is 3.12. The second-order valence-corrected chi connectivity index (χ2v) is 8.91. The van der Waals surface area contributed by atoms with Gasteiger partial charge in [0.2, 0.25) is 0 Å². The number of anilines is 1. The highest BCUT2D eigenvalue weighted by molar-refractivity contribution is 6.01. The molecule has 9 heteroatoms. The van der Waals surface area contributed by atoms with Crippen molar-refractivity contribution in [3.8, 4) is 11.3 Å². The summed E-state index contributed by atoms with van der Waals surface area (Å²) in [6.07, 6.45) is 6.79. The topological polar surface area (TPSA) is 109 Å². The van der Waals surface area contributed by atoms with Gasteiger partial charge in [-0.25, -0.2) is 9.97 Å². The van der Waals surface area contributed by atoms with Crippen molar-refractivity contribution in [2.45, 2.75) is 51.3 Å². The first kappa shape index (κ1) is 20.4. The van der Waals surface area contributed by atoms with Gasteiger partial charge in [-0.05, 0) is 45.7 Å². The van der Waals surface area contributed by atoms with Crippen LogP contribution >= 0.6 is 0 Å². The van der Waals surface area contributed by atoms with Gasteiger partial charge in [-0.2, -0.15) is 9.61 Å². The summed E-state index contributed by atoms with van der Waals surface area (Å²) in [5.74, 6) is 0.428. The lowest BCUT2D eigenvalue weighted by Gasteiger charge is -2.42. The van der Waals surface area contributed by atoms with Crippen LogP contribution < -0.4 is 10.6 Å². The average Bonchev–Trinajstić information content (AvgIpc) is 3.38. The quantitative estimate of drug-likeness (QED) is 0.446. The van der Waals surface area contributed by atoms with Crippen molar-refractivity contribution in [3.05, 3.63) is 42.4 Å². The van der Waals surface area contributed by atoms with E-state index in [0.717, 1.165) is 28.7 Å². The van der Waals surface area contributed by atoms with Gasteiger partial charge in [-0.1, -0.05) is 0 Å². The Kier molecular flexibility index (Phi) is 4.67. The molecule has 0 aromatic carbocycles. The molecule has 0 bridgehead atoms. The number of hydrogen-bond donors (Lipinski definition) is 3. The van der Waals surface area contributed by atoms with Crippen LogP contribution in [0.3, 0.4) is 0 Å². The first-order valence-electron chi connectivity index (χ1n) is 10.9. The minimum Gasteiger partial charge on any atom is -0.388 e. The number of fused-ring (bicyclic) bond motifs is 2. The highest BCUT2D eigenvalue weighted by atomic mass is 16.3. The Bertz CT molecular complexity index is 1340. The van der Waals surface area contributed by atoms with Crippen molar-refractivity contribution in [1.29, 1.82) is 0 Å². The number of pyridine rings is 1. The first-order chi connectivity index (χ1) is 15.3. The monoisotopic (exact) mass is 433 g/mol. The first-order valence-corrected chi connectivity index (χ1v) is 10.9. The molecule has 4 heterocycles. The van der Waals surface area contributed by atoms with Crippen molar-refractivity contribution in [3.63, 3.8) is 0 Å². The molecule has 4 aromatic heterocycles. The van der Waals surface area contributed by atoms with Crippen LogP contribution in [0.25, 0.3) is 27.9 Å². The second kappa shape index (κ2) is 7.30. The minimum atomic E-state index is -0.876. The molecule has 0 spiro atoms. The lowest BCUT2D eigenvalue weighted by atomic mass is 9.76. The molecule has 5 rings (SSSR count). The normalized spacial score (nSPS) is 20.6. The maximum atomic E-state index is 13.0. The Morgan fingerprint density at radius 1 is 1.34 bits per heavy atom. The van der Waals surface area contributed by atoms with Gasteiger partial charge in [0.05, 0.1) is 23.5 Å². The van der Waals surface area contributed by atoms with Gasteiger partial charge in [-0.15, -0.1) is 0 Å². The molecule has 0 saturated heterocycles. The number of carbonyl (C=O) groups excluding carboxylic acids is 1. The predicted octanol–water partition coefficient (Wildman–Crippen LogP) is 3.01. The summed E-state index contributed by atoms with van der Waals surface area (Å²) in [4.78, 5) is 22.4. The lowest BCUT2D eigenvalue weighted by Crippen LogP contribution is -2.58. The van der Waals surface area contributed by atoms with Crippen LogP contribution in [-0.4, -0.2) is 53.9 Å². The Labute approximate surface area is 185 Å². The van der Waals surface area contributed by atoms with E-state index < -0.39 is 5.60 Å². The fraction of sp³-hybridized carbons (Fsp3) is 0.391. The average molecular weight is 434 g/mol. The van der Waals surface area contributed by atoms with Crippen LogP contribution in [0.15, 0.2) is 36.8 Å². The van der Waals surface area contributed by atoms with Gasteiger partial charge in [0.1, 0.15) is 17.0 Å². The Morgan fingerprint density at radius 2 is 2.16 bits per heavy atom. The van der Waals surface area contributed by atoms with Gasteiger partial charge < -0.3 is 20.3 Å². The van der Waals surface area contributed by atoms with Gasteiger partial charge in [0.25, 0.3) is 5.91 Å². The molecule has 1 amide bonds. The summed E-state index contributed by atoms with van der Waals surface area (Å²) in [7, 11) is 1.81. The van der Waals surface area contributed by atoms with E-state index in [0.29, 0.717) is 23.4 Å². The van der Waals surface area contributed by atoms with E-state index in [9.17, 15) is 9.90 Å². The second-order valence-electron chi connectivity index (χ2n) is 8.91. The summed E-state index contributed by atoms with van der Waals surface area (Å²) >= 11 is 0. The van der Waals surface area contributed by atoms with Crippen molar-refractivity contribution in [1.82, 2.24) is 29.5 Å². The summed E-state index contributed by atoms with van der Waals surface area (Å²) in [6.45, 7) is 5.97. The maximum absolute atomic E-state index is 13.0. The number of amides is 1. The standard InChI is InChI=1S/C23H27N7O2/c1-13(2)29-12-16(14-6-5-9-25-20(14)29)17-10-19(24-4)30-21(27-17)15(11-26-30)22(31)28-18-7-8-23(18,3)32/h5-6,9-13,18,24,32H,7-8H2,1-4H3,(H,28,31)/t18-,23-/m1/s1. The zero-order valence-corrected chi connectivity index (χ0v) is 18.6. The summed E-state index contributed by atoms with van der Waals surface area (Å²) in [6, 6.07) is 5.83. The highest BCUT2D eigenvalue weighted by Gasteiger charge is 2.42. The summed E-state index contributed by atoms with van der Waals surface area (Å²) in [5, 5.41) is 21.7. The largest absolute Gasteiger partial charge is 0.388 e. The molecule has 9 nitrogen and oxygen atoms in total. The van der Waals surface area contributed by atoms with Crippen LogP contribution in [0.4, 0.5) is 5.82 Å². The van der Waals surface area contributed by atoms with Crippen molar-refractivity contribution < 1.29 is 9.90 Å².